The van der Waals surface area contributed by atoms with Crippen molar-refractivity contribution in [1.82, 2.24) is 0 Å². The van der Waals surface area contributed by atoms with E-state index in [1.807, 2.05) is 38.1 Å². The molecule has 4 nitrogen and oxygen atoms in total. The fourth-order valence-electron chi connectivity index (χ4n) is 5.84. The molecule has 7 heteroatoms. The van der Waals surface area contributed by atoms with E-state index >= 15 is 0 Å². The van der Waals surface area contributed by atoms with Crippen molar-refractivity contribution in [1.29, 1.82) is 5.41 Å². The molecule has 1 N–H and O–H groups in total. The number of anilines is 1. The van der Waals surface area contributed by atoms with Crippen LogP contribution < -0.4 is 4.90 Å². The Balaban J connectivity index is 1.83. The van der Waals surface area contributed by atoms with Gasteiger partial charge in [-0.05, 0) is 61.1 Å². The number of halogens is 3. The van der Waals surface area contributed by atoms with Gasteiger partial charge in [0, 0.05) is 44.2 Å². The number of amidine groups is 1. The molecule has 39 heavy (non-hydrogen) atoms. The molecule has 0 spiro atoms. The van der Waals surface area contributed by atoms with Crippen molar-refractivity contribution in [2.45, 2.75) is 46.5 Å². The molecular formula is C32H29Cl3N2O2. The van der Waals surface area contributed by atoms with Gasteiger partial charge in [0.2, 0.25) is 0 Å². The molecule has 5 rings (SSSR count). The van der Waals surface area contributed by atoms with Gasteiger partial charge in [-0.25, -0.2) is 0 Å². The van der Waals surface area contributed by atoms with E-state index in [9.17, 15) is 15.0 Å². The Bertz CT molecular complexity index is 1560. The lowest BCUT2D eigenvalue weighted by atomic mass is 9.65. The predicted molar refractivity (Wildman–Crippen MR) is 160 cm³/mol. The van der Waals surface area contributed by atoms with E-state index in [1.165, 1.54) is 0 Å². The SMILES string of the molecule is Cc1ccc(C(=O)C2C(=N)N(c3cccc(Cl)c3C)C3=C(C(=O)CC(C)(C)C3)C2c2ccc(Cl)cc2Cl)cc1. The van der Waals surface area contributed by atoms with Crippen molar-refractivity contribution < 1.29 is 9.59 Å². The van der Waals surface area contributed by atoms with E-state index in [-0.39, 0.29) is 22.8 Å². The van der Waals surface area contributed by atoms with Crippen molar-refractivity contribution in [2.24, 2.45) is 11.3 Å². The fraction of sp³-hybridized carbons (Fsp3) is 0.281. The Kier molecular flexibility index (Phi) is 7.26. The predicted octanol–water partition coefficient (Wildman–Crippen LogP) is 8.99. The van der Waals surface area contributed by atoms with Crippen LogP contribution in [0.25, 0.3) is 0 Å². The summed E-state index contributed by atoms with van der Waals surface area (Å²) in [5.41, 5.74) is 4.48. The minimum atomic E-state index is -0.992. The Labute approximate surface area is 244 Å². The van der Waals surface area contributed by atoms with Gasteiger partial charge in [0.15, 0.2) is 11.6 Å². The molecule has 0 fully saturated rings. The molecule has 1 aliphatic heterocycles. The summed E-state index contributed by atoms with van der Waals surface area (Å²) in [7, 11) is 0. The largest absolute Gasteiger partial charge is 0.301 e. The molecule has 3 aromatic rings. The lowest BCUT2D eigenvalue weighted by Gasteiger charge is -2.47. The van der Waals surface area contributed by atoms with Gasteiger partial charge in [0.1, 0.15) is 5.84 Å². The normalized spacial score (nSPS) is 20.7. The molecule has 0 bridgehead atoms. The number of hydrogen-bond donors (Lipinski definition) is 1. The molecule has 0 aromatic heterocycles. The third-order valence-corrected chi connectivity index (χ3v) is 8.71. The van der Waals surface area contributed by atoms with Crippen molar-refractivity contribution >= 4 is 57.9 Å². The molecular weight excluding hydrogens is 551 g/mol. The van der Waals surface area contributed by atoms with Crippen LogP contribution in [0.15, 0.2) is 71.9 Å². The maximum Gasteiger partial charge on any atom is 0.174 e. The van der Waals surface area contributed by atoms with Gasteiger partial charge in [-0.15, -0.1) is 0 Å². The second kappa shape index (κ2) is 10.2. The van der Waals surface area contributed by atoms with Crippen molar-refractivity contribution in [3.05, 3.63) is 109 Å². The summed E-state index contributed by atoms with van der Waals surface area (Å²) in [4.78, 5) is 30.1. The monoisotopic (exact) mass is 578 g/mol. The van der Waals surface area contributed by atoms with Crippen LogP contribution >= 0.6 is 34.8 Å². The molecule has 2 unspecified atom stereocenters. The summed E-state index contributed by atoms with van der Waals surface area (Å²) in [5, 5.41) is 11.0. The van der Waals surface area contributed by atoms with E-state index in [1.54, 1.807) is 41.3 Å². The number of benzene rings is 3. The van der Waals surface area contributed by atoms with E-state index in [4.69, 9.17) is 34.8 Å². The number of carbonyl (C=O) groups is 2. The van der Waals surface area contributed by atoms with Gasteiger partial charge in [-0.2, -0.15) is 0 Å². The van der Waals surface area contributed by atoms with Gasteiger partial charge in [0.25, 0.3) is 0 Å². The first kappa shape index (κ1) is 27.6. The Hall–Kier alpha value is -2.92. The molecule has 0 amide bonds. The highest BCUT2D eigenvalue weighted by atomic mass is 35.5. The quantitative estimate of drug-likeness (QED) is 0.314. The number of nitrogens with one attached hydrogen (secondary N) is 1. The minimum absolute atomic E-state index is 0.0452. The second-order valence-electron chi connectivity index (χ2n) is 11.3. The fourth-order valence-corrected chi connectivity index (χ4v) is 6.53. The summed E-state index contributed by atoms with van der Waals surface area (Å²) in [6.07, 6.45) is 0.879. The zero-order chi connectivity index (χ0) is 28.2. The van der Waals surface area contributed by atoms with E-state index in [0.29, 0.717) is 50.3 Å². The third-order valence-electron chi connectivity index (χ3n) is 7.74. The standard InChI is InChI=1S/C32H29Cl3N2O2/c1-17-8-10-19(11-9-17)30(39)29-27(21-13-12-20(33)14-23(21)35)28-25(15-32(3,4)16-26(28)38)37(31(29)36)24-7-5-6-22(34)18(24)2/h5-14,27,29,36H,15-16H2,1-4H3. The Morgan fingerprint density at radius 3 is 2.31 bits per heavy atom. The molecule has 1 aliphatic carbocycles. The number of rotatable bonds is 4. The summed E-state index contributed by atoms with van der Waals surface area (Å²) in [6.45, 7) is 7.95. The van der Waals surface area contributed by atoms with Crippen molar-refractivity contribution in [3.63, 3.8) is 0 Å². The second-order valence-corrected chi connectivity index (χ2v) is 12.5. The van der Waals surface area contributed by atoms with Gasteiger partial charge in [-0.3, -0.25) is 15.0 Å². The summed E-state index contributed by atoms with van der Waals surface area (Å²) < 4.78 is 0. The first-order valence-corrected chi connectivity index (χ1v) is 14.0. The van der Waals surface area contributed by atoms with Crippen LogP contribution in [0.2, 0.25) is 15.1 Å². The zero-order valence-electron chi connectivity index (χ0n) is 22.2. The molecule has 0 radical (unpaired) electrons. The highest BCUT2D eigenvalue weighted by Gasteiger charge is 2.51. The van der Waals surface area contributed by atoms with E-state index in [2.05, 4.69) is 13.8 Å². The lowest BCUT2D eigenvalue weighted by molar-refractivity contribution is -0.118. The number of carbonyl (C=O) groups excluding carboxylic acids is 2. The van der Waals surface area contributed by atoms with E-state index < -0.39 is 11.8 Å². The van der Waals surface area contributed by atoms with Crippen LogP contribution in [0, 0.1) is 30.6 Å². The Morgan fingerprint density at radius 1 is 0.949 bits per heavy atom. The number of hydrogen-bond acceptors (Lipinski definition) is 3. The van der Waals surface area contributed by atoms with Crippen LogP contribution in [0.5, 0.6) is 0 Å². The smallest absolute Gasteiger partial charge is 0.174 e. The van der Waals surface area contributed by atoms with Gasteiger partial charge in [-0.1, -0.05) is 90.6 Å². The average molecular weight is 580 g/mol. The van der Waals surface area contributed by atoms with Gasteiger partial charge >= 0.3 is 0 Å². The van der Waals surface area contributed by atoms with Crippen LogP contribution in [0.1, 0.15) is 59.7 Å². The zero-order valence-corrected chi connectivity index (χ0v) is 24.5. The van der Waals surface area contributed by atoms with Crippen LogP contribution in [-0.2, 0) is 4.79 Å². The number of nitrogens with zero attached hydrogens (tertiary/aromatic N) is 1. The average Bonchev–Trinajstić information content (AvgIpc) is 2.85. The number of allylic oxidation sites excluding steroid dienone is 2. The van der Waals surface area contributed by atoms with Crippen LogP contribution in [0.3, 0.4) is 0 Å². The lowest BCUT2D eigenvalue weighted by Crippen LogP contribution is -2.51. The summed E-state index contributed by atoms with van der Waals surface area (Å²) in [5.74, 6) is -1.92. The maximum atomic E-state index is 14.3. The number of Topliss-reactive ketones (excluding diaryl/α,β-unsaturated/α-hetero) is 2. The molecule has 2 atom stereocenters. The molecule has 200 valence electrons. The maximum absolute atomic E-state index is 14.3. The first-order chi connectivity index (χ1) is 18.4. The highest BCUT2D eigenvalue weighted by Crippen LogP contribution is 2.52. The third kappa shape index (κ3) is 4.95. The summed E-state index contributed by atoms with van der Waals surface area (Å²) in [6, 6.07) is 17.9. The highest BCUT2D eigenvalue weighted by molar-refractivity contribution is 6.35. The van der Waals surface area contributed by atoms with Gasteiger partial charge < -0.3 is 4.90 Å². The van der Waals surface area contributed by atoms with Gasteiger partial charge in [0.05, 0.1) is 11.6 Å². The van der Waals surface area contributed by atoms with Crippen molar-refractivity contribution in [2.75, 3.05) is 4.90 Å². The molecule has 2 aliphatic rings. The van der Waals surface area contributed by atoms with E-state index in [0.717, 1.165) is 16.8 Å². The Morgan fingerprint density at radius 2 is 1.64 bits per heavy atom. The van der Waals surface area contributed by atoms with Crippen LogP contribution in [0.4, 0.5) is 5.69 Å². The molecule has 0 saturated carbocycles. The topological polar surface area (TPSA) is 61.2 Å². The molecule has 0 saturated heterocycles. The first-order valence-electron chi connectivity index (χ1n) is 12.9. The number of aryl methyl sites for hydroxylation is 1. The molecule has 3 aromatic carbocycles. The minimum Gasteiger partial charge on any atom is -0.301 e. The van der Waals surface area contributed by atoms with Crippen LogP contribution in [-0.4, -0.2) is 17.4 Å². The van der Waals surface area contributed by atoms with Crippen molar-refractivity contribution in [3.8, 4) is 0 Å². The summed E-state index contributed by atoms with van der Waals surface area (Å²) >= 11 is 19.5. The number of ketones is 2. The molecule has 1 heterocycles.